The maximum Gasteiger partial charge on any atom is 0.318 e. The van der Waals surface area contributed by atoms with Gasteiger partial charge in [0.05, 0.1) is 0 Å². The van der Waals surface area contributed by atoms with Gasteiger partial charge in [-0.15, -0.1) is 0 Å². The number of nitrogens with one attached hydrogen (secondary N) is 2. The van der Waals surface area contributed by atoms with Gasteiger partial charge in [-0.05, 0) is 6.92 Å². The van der Waals surface area contributed by atoms with Gasteiger partial charge in [0.1, 0.15) is 0 Å². The molecule has 0 rings (SSSR count). The van der Waals surface area contributed by atoms with Crippen LogP contribution in [0, 0.1) is 0 Å². The van der Waals surface area contributed by atoms with Gasteiger partial charge in [-0.25, -0.2) is 4.79 Å². The summed E-state index contributed by atoms with van der Waals surface area (Å²) in [5.41, 5.74) is 0.643. The van der Waals surface area contributed by atoms with Crippen molar-refractivity contribution in [1.82, 2.24) is 10.6 Å². The first-order chi connectivity index (χ1) is 4.66. The first-order valence-electron chi connectivity index (χ1n) is 3.31. The van der Waals surface area contributed by atoms with E-state index in [9.17, 15) is 4.79 Å². The molecule has 0 saturated carbocycles. The Morgan fingerprint density at radius 3 is 1.90 bits per heavy atom. The van der Waals surface area contributed by atoms with Crippen LogP contribution in [0.25, 0.3) is 0 Å². The van der Waals surface area contributed by atoms with E-state index in [4.69, 9.17) is 0 Å². The van der Waals surface area contributed by atoms with Crippen molar-refractivity contribution < 1.29 is 4.79 Å². The maximum atomic E-state index is 10.3. The smallest absolute Gasteiger partial charge is 0.318 e. The van der Waals surface area contributed by atoms with Crippen LogP contribution < -0.4 is 10.6 Å². The van der Waals surface area contributed by atoms with Crippen LogP contribution in [-0.4, -0.2) is 13.1 Å². The molecule has 60 valence electrons. The molecule has 2 amide bonds. The molecule has 3 nitrogen and oxygen atoms in total. The van der Waals surface area contributed by atoms with E-state index in [0.717, 1.165) is 0 Å². The third kappa shape index (κ3) is 10.1. The Morgan fingerprint density at radius 1 is 1.40 bits per heavy atom. The van der Waals surface area contributed by atoms with E-state index >= 15 is 0 Å². The number of carbonyl (C=O) groups is 1. The van der Waals surface area contributed by atoms with Crippen molar-refractivity contribution in [3.05, 3.63) is 12.3 Å². The average molecular weight is 144 g/mol. The minimum Gasteiger partial charge on any atom is -0.341 e. The zero-order valence-corrected chi connectivity index (χ0v) is 7.12. The summed E-state index contributed by atoms with van der Waals surface area (Å²) in [6, 6.07) is -0.225. The summed E-state index contributed by atoms with van der Waals surface area (Å²) in [4.78, 5) is 10.3. The Hall–Kier alpha value is -0.990. The van der Waals surface area contributed by atoms with E-state index in [1.807, 2.05) is 13.8 Å². The highest BCUT2D eigenvalue weighted by molar-refractivity contribution is 5.75. The number of urea groups is 1. The highest BCUT2D eigenvalue weighted by atomic mass is 16.2. The summed E-state index contributed by atoms with van der Waals surface area (Å²) in [7, 11) is 1.55. The highest BCUT2D eigenvalue weighted by Crippen LogP contribution is 1.75. The van der Waals surface area contributed by atoms with E-state index in [1.165, 1.54) is 0 Å². The van der Waals surface area contributed by atoms with Crippen LogP contribution >= 0.6 is 0 Å². The fourth-order valence-corrected chi connectivity index (χ4v) is 0.256. The van der Waals surface area contributed by atoms with Gasteiger partial charge in [-0.3, -0.25) is 0 Å². The number of carbonyl (C=O) groups excluding carboxylic acids is 1. The lowest BCUT2D eigenvalue weighted by molar-refractivity contribution is 0.245. The third-order valence-corrected chi connectivity index (χ3v) is 0.554. The van der Waals surface area contributed by atoms with Gasteiger partial charge in [-0.1, -0.05) is 20.4 Å². The summed E-state index contributed by atoms with van der Waals surface area (Å²) >= 11 is 0. The van der Waals surface area contributed by atoms with E-state index in [1.54, 1.807) is 14.0 Å². The number of amides is 2. The molecule has 0 heterocycles. The van der Waals surface area contributed by atoms with Crippen molar-refractivity contribution >= 4 is 6.03 Å². The lowest BCUT2D eigenvalue weighted by atomic mass is 10.6. The molecule has 0 unspecified atom stereocenters. The number of rotatable bonds is 1. The Balaban J connectivity index is 0. The number of hydrogen-bond donors (Lipinski definition) is 2. The van der Waals surface area contributed by atoms with Crippen LogP contribution in [0.15, 0.2) is 12.3 Å². The van der Waals surface area contributed by atoms with Crippen molar-refractivity contribution in [2.45, 2.75) is 20.8 Å². The zero-order valence-electron chi connectivity index (χ0n) is 7.12. The second-order valence-electron chi connectivity index (χ2n) is 1.48. The maximum absolute atomic E-state index is 10.3. The molecule has 0 aliphatic rings. The topological polar surface area (TPSA) is 41.1 Å². The number of allylic oxidation sites excluding steroid dienone is 1. The van der Waals surface area contributed by atoms with Crippen LogP contribution in [0.1, 0.15) is 20.8 Å². The minimum absolute atomic E-state index is 0.225. The molecule has 0 fully saturated rings. The molecule has 0 radical (unpaired) electrons. The van der Waals surface area contributed by atoms with E-state index in [0.29, 0.717) is 5.70 Å². The predicted octanol–water partition coefficient (Wildman–Crippen LogP) is 1.48. The summed E-state index contributed by atoms with van der Waals surface area (Å²) in [5.74, 6) is 0. The van der Waals surface area contributed by atoms with Crippen molar-refractivity contribution in [3.63, 3.8) is 0 Å². The summed E-state index contributed by atoms with van der Waals surface area (Å²) < 4.78 is 0. The molecule has 0 aromatic carbocycles. The lowest BCUT2D eigenvalue weighted by Crippen LogP contribution is -2.30. The van der Waals surface area contributed by atoms with Gasteiger partial charge in [-0.2, -0.15) is 0 Å². The monoisotopic (exact) mass is 144 g/mol. The fourth-order valence-electron chi connectivity index (χ4n) is 0.256. The Morgan fingerprint density at radius 2 is 1.80 bits per heavy atom. The molecule has 10 heavy (non-hydrogen) atoms. The van der Waals surface area contributed by atoms with Crippen molar-refractivity contribution in [2.75, 3.05) is 7.05 Å². The molecule has 0 aromatic rings. The average Bonchev–Trinajstić information content (AvgIpc) is 1.91. The van der Waals surface area contributed by atoms with Crippen molar-refractivity contribution in [3.8, 4) is 0 Å². The second kappa shape index (κ2) is 8.01. The lowest BCUT2D eigenvalue weighted by Gasteiger charge is -1.99. The van der Waals surface area contributed by atoms with E-state index < -0.39 is 0 Å². The molecule has 0 aromatic heterocycles. The van der Waals surface area contributed by atoms with Gasteiger partial charge >= 0.3 is 6.03 Å². The standard InChI is InChI=1S/C5H10N2O.C2H6/c1-4(2)7-5(8)6-3;1-2/h1H2,2-3H3,(H2,6,7,8);1-2H3. The first kappa shape index (κ1) is 11.8. The minimum atomic E-state index is -0.225. The van der Waals surface area contributed by atoms with Crippen LogP contribution in [0.3, 0.4) is 0 Å². The normalized spacial score (nSPS) is 6.80. The summed E-state index contributed by atoms with van der Waals surface area (Å²) in [6.07, 6.45) is 0. The molecule has 3 heteroatoms. The summed E-state index contributed by atoms with van der Waals surface area (Å²) in [6.45, 7) is 9.19. The zero-order chi connectivity index (χ0) is 8.57. The second-order valence-corrected chi connectivity index (χ2v) is 1.48. The molecule has 0 bridgehead atoms. The van der Waals surface area contributed by atoms with Gasteiger partial charge in [0.15, 0.2) is 0 Å². The van der Waals surface area contributed by atoms with Crippen LogP contribution in [-0.2, 0) is 0 Å². The largest absolute Gasteiger partial charge is 0.341 e. The predicted molar refractivity (Wildman–Crippen MR) is 43.8 cm³/mol. The molecule has 0 saturated heterocycles. The SMILES string of the molecule is C=C(C)NC(=O)NC.CC. The van der Waals surface area contributed by atoms with Crippen molar-refractivity contribution in [2.24, 2.45) is 0 Å². The van der Waals surface area contributed by atoms with Crippen LogP contribution in [0.4, 0.5) is 4.79 Å². The molecule has 0 aliphatic carbocycles. The van der Waals surface area contributed by atoms with E-state index in [2.05, 4.69) is 17.2 Å². The van der Waals surface area contributed by atoms with Gasteiger partial charge in [0.25, 0.3) is 0 Å². The van der Waals surface area contributed by atoms with Crippen LogP contribution in [0.2, 0.25) is 0 Å². The fraction of sp³-hybridized carbons (Fsp3) is 0.571. The third-order valence-electron chi connectivity index (χ3n) is 0.554. The van der Waals surface area contributed by atoms with Gasteiger partial charge in [0, 0.05) is 12.7 Å². The quantitative estimate of drug-likeness (QED) is 0.575. The Kier molecular flexibility index (Phi) is 9.42. The highest BCUT2D eigenvalue weighted by Gasteiger charge is 1.90. The molecule has 0 atom stereocenters. The Labute approximate surface area is 62.5 Å². The molecular weight excluding hydrogens is 128 g/mol. The van der Waals surface area contributed by atoms with Crippen LogP contribution in [0.5, 0.6) is 0 Å². The summed E-state index contributed by atoms with van der Waals surface area (Å²) in [5, 5.41) is 4.83. The van der Waals surface area contributed by atoms with Gasteiger partial charge in [0.2, 0.25) is 0 Å². The van der Waals surface area contributed by atoms with E-state index in [-0.39, 0.29) is 6.03 Å². The molecule has 2 N–H and O–H groups in total. The first-order valence-corrected chi connectivity index (χ1v) is 3.31. The number of hydrogen-bond acceptors (Lipinski definition) is 1. The molecule has 0 aliphatic heterocycles. The Bertz CT molecular complexity index is 110. The van der Waals surface area contributed by atoms with Gasteiger partial charge < -0.3 is 10.6 Å². The van der Waals surface area contributed by atoms with Crippen molar-refractivity contribution in [1.29, 1.82) is 0 Å². The molecule has 0 spiro atoms. The molecular formula is C7H16N2O.